The van der Waals surface area contributed by atoms with Crippen LogP contribution >= 0.6 is 11.6 Å². The third kappa shape index (κ3) is 4.06. The molecule has 1 fully saturated rings. The fourth-order valence-corrected chi connectivity index (χ4v) is 4.34. The summed E-state index contributed by atoms with van der Waals surface area (Å²) in [5.41, 5.74) is 0.142. The number of sulfonamides is 1. The fourth-order valence-electron chi connectivity index (χ4n) is 2.33. The normalized spacial score (nSPS) is 15.3. The second kappa shape index (κ2) is 7.50. The van der Waals surface area contributed by atoms with Crippen molar-refractivity contribution >= 4 is 33.4 Å². The Labute approximate surface area is 146 Å². The second-order valence-electron chi connectivity index (χ2n) is 5.73. The molecule has 0 saturated carbocycles. The van der Waals surface area contributed by atoms with Gasteiger partial charge in [-0.2, -0.15) is 4.31 Å². The van der Waals surface area contributed by atoms with Gasteiger partial charge in [-0.05, 0) is 31.0 Å². The molecule has 7 nitrogen and oxygen atoms in total. The average Bonchev–Trinajstić information content (AvgIpc) is 3.07. The van der Waals surface area contributed by atoms with E-state index in [9.17, 15) is 18.0 Å². The van der Waals surface area contributed by atoms with Gasteiger partial charge in [0.15, 0.2) is 0 Å². The van der Waals surface area contributed by atoms with Gasteiger partial charge in [-0.1, -0.05) is 11.6 Å². The Hall–Kier alpha value is -1.64. The lowest BCUT2D eigenvalue weighted by Gasteiger charge is -2.17. The van der Waals surface area contributed by atoms with Crippen LogP contribution in [0.15, 0.2) is 23.1 Å². The van der Waals surface area contributed by atoms with Crippen molar-refractivity contribution in [3.8, 4) is 0 Å². The summed E-state index contributed by atoms with van der Waals surface area (Å²) in [5.74, 6) is -0.790. The lowest BCUT2D eigenvalue weighted by Crippen LogP contribution is -2.36. The summed E-state index contributed by atoms with van der Waals surface area (Å²) in [6, 6.07) is 4.07. The Balaban J connectivity index is 2.22. The third-order valence-electron chi connectivity index (χ3n) is 3.78. The zero-order valence-corrected chi connectivity index (χ0v) is 15.2. The van der Waals surface area contributed by atoms with Crippen LogP contribution in [0, 0.1) is 0 Å². The summed E-state index contributed by atoms with van der Waals surface area (Å²) >= 11 is 6.03. The topological polar surface area (TPSA) is 86.8 Å². The highest BCUT2D eigenvalue weighted by molar-refractivity contribution is 7.89. The van der Waals surface area contributed by atoms with Crippen molar-refractivity contribution in [2.45, 2.75) is 17.7 Å². The van der Waals surface area contributed by atoms with E-state index in [1.165, 1.54) is 27.4 Å². The van der Waals surface area contributed by atoms with Crippen molar-refractivity contribution in [2.75, 3.05) is 33.7 Å². The van der Waals surface area contributed by atoms with Gasteiger partial charge in [-0.3, -0.25) is 9.59 Å². The maximum atomic E-state index is 12.6. The summed E-state index contributed by atoms with van der Waals surface area (Å²) in [5, 5.41) is 2.54. The highest BCUT2D eigenvalue weighted by Gasteiger charge is 2.29. The minimum atomic E-state index is -3.72. The van der Waals surface area contributed by atoms with Crippen molar-refractivity contribution in [3.63, 3.8) is 0 Å². The SMILES string of the molecule is CN(C)C(=O)CNC(=O)c1ccc(Cl)c(S(=O)(=O)N2CCCC2)c1. The molecule has 1 aromatic carbocycles. The van der Waals surface area contributed by atoms with Gasteiger partial charge in [0.05, 0.1) is 11.6 Å². The van der Waals surface area contributed by atoms with Gasteiger partial charge in [0.2, 0.25) is 15.9 Å². The van der Waals surface area contributed by atoms with Gasteiger partial charge >= 0.3 is 0 Å². The van der Waals surface area contributed by atoms with E-state index in [-0.39, 0.29) is 27.9 Å². The van der Waals surface area contributed by atoms with Crippen LogP contribution in [0.1, 0.15) is 23.2 Å². The van der Waals surface area contributed by atoms with Gasteiger partial charge in [-0.25, -0.2) is 8.42 Å². The lowest BCUT2D eigenvalue weighted by atomic mass is 10.2. The molecule has 1 N–H and O–H groups in total. The molecule has 9 heteroatoms. The van der Waals surface area contributed by atoms with Crippen LogP contribution < -0.4 is 5.32 Å². The van der Waals surface area contributed by atoms with Crippen LogP contribution in [-0.2, 0) is 14.8 Å². The van der Waals surface area contributed by atoms with Crippen LogP contribution in [0.3, 0.4) is 0 Å². The molecule has 0 unspecified atom stereocenters. The number of rotatable bonds is 5. The minimum Gasteiger partial charge on any atom is -0.347 e. The number of benzene rings is 1. The first kappa shape index (κ1) is 18.7. The molecule has 132 valence electrons. The average molecular weight is 374 g/mol. The summed E-state index contributed by atoms with van der Waals surface area (Å²) in [4.78, 5) is 24.9. The van der Waals surface area contributed by atoms with Crippen LogP contribution in [0.4, 0.5) is 0 Å². The van der Waals surface area contributed by atoms with Crippen LogP contribution in [0.2, 0.25) is 5.02 Å². The highest BCUT2D eigenvalue weighted by Crippen LogP contribution is 2.28. The minimum absolute atomic E-state index is 0.0721. The van der Waals surface area contributed by atoms with Crippen molar-refractivity contribution in [1.29, 1.82) is 0 Å². The van der Waals surface area contributed by atoms with Crippen LogP contribution in [-0.4, -0.2) is 63.2 Å². The lowest BCUT2D eigenvalue weighted by molar-refractivity contribution is -0.127. The largest absolute Gasteiger partial charge is 0.347 e. The number of carbonyl (C=O) groups excluding carboxylic acids is 2. The number of nitrogens with zero attached hydrogens (tertiary/aromatic N) is 2. The standard InChI is InChI=1S/C15H20ClN3O4S/c1-18(2)14(20)10-17-15(21)11-5-6-12(16)13(9-11)24(22,23)19-7-3-4-8-19/h5-6,9H,3-4,7-8,10H2,1-2H3,(H,17,21). The molecule has 2 amide bonds. The van der Waals surface area contributed by atoms with E-state index >= 15 is 0 Å². The van der Waals surface area contributed by atoms with E-state index in [4.69, 9.17) is 11.6 Å². The molecule has 0 bridgehead atoms. The second-order valence-corrected chi connectivity index (χ2v) is 8.04. The molecular formula is C15H20ClN3O4S. The molecular weight excluding hydrogens is 354 g/mol. The molecule has 1 saturated heterocycles. The Bertz CT molecular complexity index is 743. The Morgan fingerprint density at radius 3 is 2.46 bits per heavy atom. The Morgan fingerprint density at radius 2 is 1.88 bits per heavy atom. The van der Waals surface area contributed by atoms with E-state index in [1.807, 2.05) is 0 Å². The predicted molar refractivity (Wildman–Crippen MR) is 90.5 cm³/mol. The summed E-state index contributed by atoms with van der Waals surface area (Å²) in [6.07, 6.45) is 1.62. The molecule has 24 heavy (non-hydrogen) atoms. The number of likely N-dealkylation sites (N-methyl/N-ethyl adjacent to an activating group) is 1. The molecule has 0 atom stereocenters. The Kier molecular flexibility index (Phi) is 5.84. The summed E-state index contributed by atoms with van der Waals surface area (Å²) in [6.45, 7) is 0.738. The molecule has 0 aliphatic carbocycles. The number of hydrogen-bond donors (Lipinski definition) is 1. The van der Waals surface area contributed by atoms with Gasteiger partial charge in [-0.15, -0.1) is 0 Å². The first-order chi connectivity index (χ1) is 11.2. The van der Waals surface area contributed by atoms with Crippen molar-refractivity contribution in [1.82, 2.24) is 14.5 Å². The van der Waals surface area contributed by atoms with E-state index < -0.39 is 15.9 Å². The van der Waals surface area contributed by atoms with Gasteiger partial charge in [0.25, 0.3) is 5.91 Å². The molecule has 0 spiro atoms. The summed E-state index contributed by atoms with van der Waals surface area (Å²) < 4.78 is 26.6. The van der Waals surface area contributed by atoms with E-state index in [0.717, 1.165) is 12.8 Å². The molecule has 0 radical (unpaired) electrons. The van der Waals surface area contributed by atoms with Crippen molar-refractivity contribution < 1.29 is 18.0 Å². The molecule has 1 aliphatic heterocycles. The number of halogens is 1. The zero-order chi connectivity index (χ0) is 17.9. The number of carbonyl (C=O) groups is 2. The van der Waals surface area contributed by atoms with Gasteiger partial charge in [0, 0.05) is 32.7 Å². The fraction of sp³-hybridized carbons (Fsp3) is 0.467. The van der Waals surface area contributed by atoms with E-state index in [1.54, 1.807) is 14.1 Å². The Morgan fingerprint density at radius 1 is 1.25 bits per heavy atom. The quantitative estimate of drug-likeness (QED) is 0.832. The predicted octanol–water partition coefficient (Wildman–Crippen LogP) is 0.942. The van der Waals surface area contributed by atoms with Crippen molar-refractivity contribution in [3.05, 3.63) is 28.8 Å². The highest BCUT2D eigenvalue weighted by atomic mass is 35.5. The zero-order valence-electron chi connectivity index (χ0n) is 13.6. The molecule has 1 aromatic rings. The van der Waals surface area contributed by atoms with Gasteiger partial charge in [0.1, 0.15) is 4.90 Å². The molecule has 2 rings (SSSR count). The molecule has 1 aliphatic rings. The monoisotopic (exact) mass is 373 g/mol. The third-order valence-corrected chi connectivity index (χ3v) is 6.16. The first-order valence-electron chi connectivity index (χ1n) is 7.51. The van der Waals surface area contributed by atoms with Crippen LogP contribution in [0.5, 0.6) is 0 Å². The molecule has 1 heterocycles. The van der Waals surface area contributed by atoms with Crippen molar-refractivity contribution in [2.24, 2.45) is 0 Å². The number of amides is 2. The summed E-state index contributed by atoms with van der Waals surface area (Å²) in [7, 11) is -0.562. The van der Waals surface area contributed by atoms with Crippen LogP contribution in [0.25, 0.3) is 0 Å². The maximum Gasteiger partial charge on any atom is 0.251 e. The van der Waals surface area contributed by atoms with E-state index in [2.05, 4.69) is 5.32 Å². The number of nitrogens with one attached hydrogen (secondary N) is 1. The van der Waals surface area contributed by atoms with Gasteiger partial charge < -0.3 is 10.2 Å². The first-order valence-corrected chi connectivity index (χ1v) is 9.33. The molecule has 0 aromatic heterocycles. The smallest absolute Gasteiger partial charge is 0.251 e. The maximum absolute atomic E-state index is 12.6. The number of hydrogen-bond acceptors (Lipinski definition) is 4. The van der Waals surface area contributed by atoms with E-state index in [0.29, 0.717) is 13.1 Å².